The molecule has 236 valence electrons. The van der Waals surface area contributed by atoms with Gasteiger partial charge < -0.3 is 4.90 Å². The maximum absolute atomic E-state index is 2.49. The van der Waals surface area contributed by atoms with Gasteiger partial charge in [0.25, 0.3) is 0 Å². The zero-order valence-corrected chi connectivity index (χ0v) is 28.5. The van der Waals surface area contributed by atoms with E-state index in [2.05, 4.69) is 76.2 Å². The average molecular weight is 558 g/mol. The largest absolute Gasteiger partial charge is 0.306 e. The molecule has 0 radical (unpaired) electrons. The van der Waals surface area contributed by atoms with Crippen LogP contribution in [0.4, 0.5) is 0 Å². The summed E-state index contributed by atoms with van der Waals surface area (Å²) in [4.78, 5) is 2.49. The predicted molar refractivity (Wildman–Crippen MR) is 185 cm³/mol. The standard InChI is InChI=1S/C39H75N/c1-6-8-10-11-12-13-14-15-16-17-18-19-22-25-28-32-36-39(40(4)5)37-33-29-26-23-20-21-24-27-31-35-38(3)34-30-9-7-2/h12-13,15-16,27,31,38-39H,6-11,14,17-26,28-30,32-37H2,1-5H3/b13-12-,16-15-,31-27-. The number of hydrogen-bond donors (Lipinski definition) is 0. The second kappa shape index (κ2) is 32.7. The van der Waals surface area contributed by atoms with Crippen LogP contribution in [0.3, 0.4) is 0 Å². The van der Waals surface area contributed by atoms with Crippen LogP contribution in [0.25, 0.3) is 0 Å². The van der Waals surface area contributed by atoms with E-state index in [1.54, 1.807) is 0 Å². The van der Waals surface area contributed by atoms with Gasteiger partial charge in [-0.3, -0.25) is 0 Å². The molecule has 0 rings (SSSR count). The van der Waals surface area contributed by atoms with Crippen LogP contribution in [0.2, 0.25) is 0 Å². The monoisotopic (exact) mass is 558 g/mol. The van der Waals surface area contributed by atoms with Crippen LogP contribution in [-0.2, 0) is 0 Å². The summed E-state index contributed by atoms with van der Waals surface area (Å²) in [5, 5.41) is 0. The minimum absolute atomic E-state index is 0.792. The van der Waals surface area contributed by atoms with Crippen molar-refractivity contribution >= 4 is 0 Å². The van der Waals surface area contributed by atoms with Gasteiger partial charge >= 0.3 is 0 Å². The highest BCUT2D eigenvalue weighted by Crippen LogP contribution is 2.18. The normalized spacial score (nSPS) is 13.9. The van der Waals surface area contributed by atoms with Gasteiger partial charge in [-0.1, -0.05) is 160 Å². The molecule has 2 unspecified atom stereocenters. The minimum atomic E-state index is 0.792. The molecule has 0 amide bonds. The second-order valence-electron chi connectivity index (χ2n) is 13.0. The highest BCUT2D eigenvalue weighted by molar-refractivity contribution is 4.92. The topological polar surface area (TPSA) is 3.24 Å². The highest BCUT2D eigenvalue weighted by atomic mass is 15.1. The molecule has 2 atom stereocenters. The van der Waals surface area contributed by atoms with Crippen molar-refractivity contribution in [1.29, 1.82) is 0 Å². The van der Waals surface area contributed by atoms with E-state index >= 15 is 0 Å². The fourth-order valence-corrected chi connectivity index (χ4v) is 5.69. The van der Waals surface area contributed by atoms with Gasteiger partial charge in [-0.05, 0) is 84.2 Å². The fourth-order valence-electron chi connectivity index (χ4n) is 5.69. The van der Waals surface area contributed by atoms with Gasteiger partial charge in [0.1, 0.15) is 0 Å². The third-order valence-electron chi connectivity index (χ3n) is 8.63. The first kappa shape index (κ1) is 39.2. The van der Waals surface area contributed by atoms with Crippen LogP contribution < -0.4 is 0 Å². The van der Waals surface area contributed by atoms with Crippen LogP contribution >= 0.6 is 0 Å². The molecule has 40 heavy (non-hydrogen) atoms. The predicted octanol–water partition coefficient (Wildman–Crippen LogP) is 13.4. The van der Waals surface area contributed by atoms with Crippen molar-refractivity contribution < 1.29 is 0 Å². The van der Waals surface area contributed by atoms with E-state index in [-0.39, 0.29) is 0 Å². The van der Waals surface area contributed by atoms with Gasteiger partial charge in [0.05, 0.1) is 0 Å². The Labute approximate surface area is 254 Å². The summed E-state index contributed by atoms with van der Waals surface area (Å²) in [6.45, 7) is 6.98. The Hall–Kier alpha value is -0.820. The van der Waals surface area contributed by atoms with E-state index in [0.29, 0.717) is 0 Å². The summed E-state index contributed by atoms with van der Waals surface area (Å²) in [5.74, 6) is 0.869. The van der Waals surface area contributed by atoms with Crippen LogP contribution in [0.5, 0.6) is 0 Å². The zero-order valence-electron chi connectivity index (χ0n) is 28.5. The zero-order chi connectivity index (χ0) is 29.4. The van der Waals surface area contributed by atoms with Gasteiger partial charge in [-0.15, -0.1) is 0 Å². The fraction of sp³-hybridized carbons (Fsp3) is 0.846. The second-order valence-corrected chi connectivity index (χ2v) is 13.0. The summed E-state index contributed by atoms with van der Waals surface area (Å²) in [7, 11) is 4.58. The molecule has 0 aliphatic rings. The van der Waals surface area contributed by atoms with E-state index in [4.69, 9.17) is 0 Å². The summed E-state index contributed by atoms with van der Waals surface area (Å²) < 4.78 is 0. The average Bonchev–Trinajstić information content (AvgIpc) is 2.94. The molecule has 0 aromatic heterocycles. The first-order valence-corrected chi connectivity index (χ1v) is 18.2. The molecule has 0 aliphatic carbocycles. The third-order valence-corrected chi connectivity index (χ3v) is 8.63. The number of nitrogens with zero attached hydrogens (tertiary/aromatic N) is 1. The van der Waals surface area contributed by atoms with Crippen molar-refractivity contribution in [2.24, 2.45) is 5.92 Å². The quantitative estimate of drug-likeness (QED) is 0.0605. The molecule has 0 N–H and O–H groups in total. The van der Waals surface area contributed by atoms with Crippen molar-refractivity contribution in [1.82, 2.24) is 4.90 Å². The Morgan fingerprint density at radius 2 is 0.850 bits per heavy atom. The Morgan fingerprint density at radius 1 is 0.450 bits per heavy atom. The molecule has 0 aliphatic heterocycles. The molecular formula is C39H75N. The van der Waals surface area contributed by atoms with Gasteiger partial charge in [0.2, 0.25) is 0 Å². The van der Waals surface area contributed by atoms with E-state index in [1.807, 2.05) is 0 Å². The lowest BCUT2D eigenvalue weighted by Crippen LogP contribution is -2.27. The molecule has 0 bridgehead atoms. The van der Waals surface area contributed by atoms with Crippen LogP contribution in [0.1, 0.15) is 188 Å². The lowest BCUT2D eigenvalue weighted by molar-refractivity contribution is 0.251. The van der Waals surface area contributed by atoms with Gasteiger partial charge in [0.15, 0.2) is 0 Å². The Bertz CT molecular complexity index is 557. The molecule has 0 aromatic carbocycles. The van der Waals surface area contributed by atoms with Crippen LogP contribution in [0.15, 0.2) is 36.5 Å². The molecule has 0 aromatic rings. The summed E-state index contributed by atoms with van der Waals surface area (Å²) >= 11 is 0. The Kier molecular flexibility index (Phi) is 32.0. The minimum Gasteiger partial charge on any atom is -0.306 e. The summed E-state index contributed by atoms with van der Waals surface area (Å²) in [5.41, 5.74) is 0. The number of hydrogen-bond acceptors (Lipinski definition) is 1. The number of rotatable bonds is 31. The highest BCUT2D eigenvalue weighted by Gasteiger charge is 2.10. The SMILES string of the molecule is CCCCC/C=C\C/C=C\CCCCCCCCC(CCCCCCCC/C=C\CC(C)CCCCC)N(C)C. The molecular weight excluding hydrogens is 482 g/mol. The van der Waals surface area contributed by atoms with Crippen molar-refractivity contribution in [2.45, 2.75) is 194 Å². The van der Waals surface area contributed by atoms with Gasteiger partial charge in [-0.25, -0.2) is 0 Å². The summed E-state index contributed by atoms with van der Waals surface area (Å²) in [6.07, 6.45) is 49.9. The van der Waals surface area contributed by atoms with Crippen LogP contribution in [-0.4, -0.2) is 25.0 Å². The lowest BCUT2D eigenvalue weighted by atomic mass is 9.99. The molecule has 1 nitrogen and oxygen atoms in total. The van der Waals surface area contributed by atoms with E-state index in [9.17, 15) is 0 Å². The number of allylic oxidation sites excluding steroid dienone is 6. The van der Waals surface area contributed by atoms with E-state index in [0.717, 1.165) is 18.4 Å². The van der Waals surface area contributed by atoms with E-state index in [1.165, 1.54) is 161 Å². The molecule has 0 fully saturated rings. The molecule has 0 spiro atoms. The smallest absolute Gasteiger partial charge is 0.00891 e. The molecule has 0 saturated heterocycles. The Morgan fingerprint density at radius 3 is 1.35 bits per heavy atom. The first-order chi connectivity index (χ1) is 19.6. The van der Waals surface area contributed by atoms with Crippen molar-refractivity contribution in [3.8, 4) is 0 Å². The maximum atomic E-state index is 2.49. The lowest BCUT2D eigenvalue weighted by Gasteiger charge is -2.24. The third kappa shape index (κ3) is 30.1. The first-order valence-electron chi connectivity index (χ1n) is 18.2. The van der Waals surface area contributed by atoms with Gasteiger partial charge in [0, 0.05) is 6.04 Å². The molecule has 0 saturated carbocycles. The Balaban J connectivity index is 3.55. The molecule has 0 heterocycles. The molecule has 1 heteroatoms. The summed E-state index contributed by atoms with van der Waals surface area (Å²) in [6, 6.07) is 0.792. The van der Waals surface area contributed by atoms with Gasteiger partial charge in [-0.2, -0.15) is 0 Å². The van der Waals surface area contributed by atoms with Crippen molar-refractivity contribution in [2.75, 3.05) is 14.1 Å². The number of unbranched alkanes of at least 4 members (excludes halogenated alkanes) is 17. The maximum Gasteiger partial charge on any atom is 0.00891 e. The van der Waals surface area contributed by atoms with E-state index < -0.39 is 0 Å². The van der Waals surface area contributed by atoms with Crippen molar-refractivity contribution in [3.63, 3.8) is 0 Å². The van der Waals surface area contributed by atoms with Crippen LogP contribution in [0, 0.1) is 5.92 Å². The van der Waals surface area contributed by atoms with Crippen molar-refractivity contribution in [3.05, 3.63) is 36.5 Å².